The zero-order valence-electron chi connectivity index (χ0n) is 10.6. The number of benzene rings is 1. The Morgan fingerprint density at radius 3 is 2.55 bits per heavy atom. The molecule has 1 aromatic heterocycles. The number of anilines is 1. The van der Waals surface area contributed by atoms with Crippen molar-refractivity contribution in [2.75, 3.05) is 30.9 Å². The number of hydrogen-bond donors (Lipinski definition) is 4. The molecule has 4 N–H and O–H groups in total. The van der Waals surface area contributed by atoms with E-state index in [0.29, 0.717) is 42.9 Å². The SMILES string of the molecule is O=c1[nH]c2ccc(NS(=O)(=O)N3CCNCC3)cc2[nH]1. The van der Waals surface area contributed by atoms with Gasteiger partial charge in [-0.25, -0.2) is 4.79 Å². The van der Waals surface area contributed by atoms with Crippen molar-refractivity contribution >= 4 is 26.9 Å². The van der Waals surface area contributed by atoms with Gasteiger partial charge in [-0.3, -0.25) is 4.72 Å². The largest absolute Gasteiger partial charge is 0.323 e. The summed E-state index contributed by atoms with van der Waals surface area (Å²) in [5, 5.41) is 3.10. The monoisotopic (exact) mass is 297 g/mol. The van der Waals surface area contributed by atoms with Gasteiger partial charge in [0.15, 0.2) is 0 Å². The predicted octanol–water partition coefficient (Wildman–Crippen LogP) is -0.582. The van der Waals surface area contributed by atoms with E-state index in [1.54, 1.807) is 18.2 Å². The molecule has 0 radical (unpaired) electrons. The molecular formula is C11H15N5O3S. The van der Waals surface area contributed by atoms with Crippen LogP contribution in [0.25, 0.3) is 11.0 Å². The Morgan fingerprint density at radius 1 is 1.10 bits per heavy atom. The number of hydrogen-bond acceptors (Lipinski definition) is 4. The van der Waals surface area contributed by atoms with Crippen LogP contribution in [0.1, 0.15) is 0 Å². The molecule has 0 saturated carbocycles. The van der Waals surface area contributed by atoms with Crippen molar-refractivity contribution in [3.63, 3.8) is 0 Å². The molecule has 9 heteroatoms. The summed E-state index contributed by atoms with van der Waals surface area (Å²) in [7, 11) is -3.56. The third-order valence-electron chi connectivity index (χ3n) is 3.18. The van der Waals surface area contributed by atoms with Crippen molar-refractivity contribution in [2.45, 2.75) is 0 Å². The summed E-state index contributed by atoms with van der Waals surface area (Å²) in [6, 6.07) is 4.86. The van der Waals surface area contributed by atoms with Crippen molar-refractivity contribution in [3.8, 4) is 0 Å². The molecule has 3 rings (SSSR count). The summed E-state index contributed by atoms with van der Waals surface area (Å²) < 4.78 is 28.3. The minimum Gasteiger partial charge on any atom is -0.314 e. The fraction of sp³-hybridized carbons (Fsp3) is 0.364. The summed E-state index contributed by atoms with van der Waals surface area (Å²) in [4.78, 5) is 16.4. The Hall–Kier alpha value is -1.84. The van der Waals surface area contributed by atoms with Gasteiger partial charge in [0.1, 0.15) is 0 Å². The van der Waals surface area contributed by atoms with Crippen LogP contribution in [0.3, 0.4) is 0 Å². The molecule has 8 nitrogen and oxygen atoms in total. The van der Waals surface area contributed by atoms with Crippen molar-refractivity contribution in [2.24, 2.45) is 0 Å². The van der Waals surface area contributed by atoms with Crippen molar-refractivity contribution in [1.29, 1.82) is 0 Å². The lowest BCUT2D eigenvalue weighted by molar-refractivity contribution is 0.362. The second-order valence-corrected chi connectivity index (χ2v) is 6.27. The molecule has 1 aliphatic rings. The van der Waals surface area contributed by atoms with Crippen LogP contribution in [0.5, 0.6) is 0 Å². The van der Waals surface area contributed by atoms with E-state index in [1.807, 2.05) is 0 Å². The third kappa shape index (κ3) is 2.55. The molecule has 2 aromatic rings. The molecule has 0 amide bonds. The minimum absolute atomic E-state index is 0.317. The highest BCUT2D eigenvalue weighted by Crippen LogP contribution is 2.17. The number of nitrogens with one attached hydrogen (secondary N) is 4. The highest BCUT2D eigenvalue weighted by Gasteiger charge is 2.23. The molecule has 0 spiro atoms. The summed E-state index contributed by atoms with van der Waals surface area (Å²) in [5.74, 6) is 0. The topological polar surface area (TPSA) is 110 Å². The molecule has 1 fully saturated rings. The number of imidazole rings is 1. The first-order valence-corrected chi connectivity index (χ1v) is 7.69. The van der Waals surface area contributed by atoms with Crippen LogP contribution in [-0.2, 0) is 10.2 Å². The van der Waals surface area contributed by atoms with Crippen LogP contribution < -0.4 is 15.7 Å². The maximum Gasteiger partial charge on any atom is 0.323 e. The average molecular weight is 297 g/mol. The third-order valence-corrected chi connectivity index (χ3v) is 4.72. The van der Waals surface area contributed by atoms with Crippen molar-refractivity contribution < 1.29 is 8.42 Å². The zero-order valence-corrected chi connectivity index (χ0v) is 11.5. The number of rotatable bonds is 3. The number of aromatic nitrogens is 2. The van der Waals surface area contributed by atoms with E-state index in [-0.39, 0.29) is 5.69 Å². The van der Waals surface area contributed by atoms with Crippen LogP contribution in [0.2, 0.25) is 0 Å². The van der Waals surface area contributed by atoms with Gasteiger partial charge in [0.2, 0.25) is 0 Å². The molecule has 108 valence electrons. The highest BCUT2D eigenvalue weighted by atomic mass is 32.2. The molecule has 20 heavy (non-hydrogen) atoms. The normalized spacial score (nSPS) is 17.4. The number of aromatic amines is 2. The Labute approximate surface area is 115 Å². The van der Waals surface area contributed by atoms with Crippen molar-refractivity contribution in [3.05, 3.63) is 28.7 Å². The van der Waals surface area contributed by atoms with Gasteiger partial charge in [0.25, 0.3) is 0 Å². The van der Waals surface area contributed by atoms with E-state index >= 15 is 0 Å². The summed E-state index contributed by atoms with van der Waals surface area (Å²) in [6.07, 6.45) is 0. The molecule has 0 aliphatic carbocycles. The van der Waals surface area contributed by atoms with E-state index in [2.05, 4.69) is 20.0 Å². The molecule has 0 unspecified atom stereocenters. The van der Waals surface area contributed by atoms with Gasteiger partial charge in [0, 0.05) is 26.2 Å². The van der Waals surface area contributed by atoms with E-state index in [0.717, 1.165) is 0 Å². The summed E-state index contributed by atoms with van der Waals surface area (Å²) in [5.41, 5.74) is 1.31. The van der Waals surface area contributed by atoms with Gasteiger partial charge >= 0.3 is 15.9 Å². The molecule has 0 atom stereocenters. The van der Waals surface area contributed by atoms with Crippen LogP contribution in [0, 0.1) is 0 Å². The Kier molecular flexibility index (Phi) is 3.24. The predicted molar refractivity (Wildman–Crippen MR) is 75.9 cm³/mol. The van der Waals surface area contributed by atoms with Crippen LogP contribution in [0.15, 0.2) is 23.0 Å². The molecule has 1 aliphatic heterocycles. The van der Waals surface area contributed by atoms with Gasteiger partial charge in [0.05, 0.1) is 16.7 Å². The standard InChI is InChI=1S/C11H15N5O3S/c17-11-13-9-2-1-8(7-10(9)14-11)15-20(18,19)16-5-3-12-4-6-16/h1-2,7,12,15H,3-6H2,(H2,13,14,17). The second kappa shape index (κ2) is 4.93. The first-order chi connectivity index (χ1) is 9.54. The van der Waals surface area contributed by atoms with Crippen LogP contribution in [0.4, 0.5) is 5.69 Å². The van der Waals surface area contributed by atoms with E-state index in [9.17, 15) is 13.2 Å². The van der Waals surface area contributed by atoms with Crippen LogP contribution in [-0.4, -0.2) is 48.9 Å². The zero-order chi connectivity index (χ0) is 14.2. The highest BCUT2D eigenvalue weighted by molar-refractivity contribution is 7.90. The second-order valence-electron chi connectivity index (χ2n) is 4.60. The van der Waals surface area contributed by atoms with Gasteiger partial charge < -0.3 is 15.3 Å². The van der Waals surface area contributed by atoms with Gasteiger partial charge in [-0.2, -0.15) is 12.7 Å². The number of piperazine rings is 1. The van der Waals surface area contributed by atoms with Gasteiger partial charge in [-0.05, 0) is 18.2 Å². The molecule has 2 heterocycles. The van der Waals surface area contributed by atoms with E-state index in [4.69, 9.17) is 0 Å². The Bertz CT molecular complexity index is 773. The molecule has 1 saturated heterocycles. The smallest absolute Gasteiger partial charge is 0.314 e. The number of fused-ring (bicyclic) bond motifs is 1. The van der Waals surface area contributed by atoms with E-state index < -0.39 is 10.2 Å². The van der Waals surface area contributed by atoms with Gasteiger partial charge in [-0.15, -0.1) is 0 Å². The van der Waals surface area contributed by atoms with Gasteiger partial charge in [-0.1, -0.05) is 0 Å². The lowest BCUT2D eigenvalue weighted by Crippen LogP contribution is -2.48. The first kappa shape index (κ1) is 13.2. The Balaban J connectivity index is 1.85. The minimum atomic E-state index is -3.56. The summed E-state index contributed by atoms with van der Waals surface area (Å²) >= 11 is 0. The molecule has 0 bridgehead atoms. The lowest BCUT2D eigenvalue weighted by atomic mass is 10.3. The quantitative estimate of drug-likeness (QED) is 0.607. The van der Waals surface area contributed by atoms with E-state index in [1.165, 1.54) is 4.31 Å². The maximum absolute atomic E-state index is 12.2. The lowest BCUT2D eigenvalue weighted by Gasteiger charge is -2.26. The summed E-state index contributed by atoms with van der Waals surface area (Å²) in [6.45, 7) is 2.17. The van der Waals surface area contributed by atoms with Crippen LogP contribution >= 0.6 is 0 Å². The molecular weight excluding hydrogens is 282 g/mol. The Morgan fingerprint density at radius 2 is 1.80 bits per heavy atom. The maximum atomic E-state index is 12.2. The fourth-order valence-corrected chi connectivity index (χ4v) is 3.41. The number of nitrogens with zero attached hydrogens (tertiary/aromatic N) is 1. The average Bonchev–Trinajstić information content (AvgIpc) is 2.79. The van der Waals surface area contributed by atoms with Crippen molar-refractivity contribution in [1.82, 2.24) is 19.6 Å². The number of H-pyrrole nitrogens is 2. The fourth-order valence-electron chi connectivity index (χ4n) is 2.19. The molecule has 1 aromatic carbocycles. The first-order valence-electron chi connectivity index (χ1n) is 6.25.